The highest BCUT2D eigenvalue weighted by atomic mass is 32.1. The zero-order valence-electron chi connectivity index (χ0n) is 16.1. The fraction of sp³-hybridized carbons (Fsp3) is 0.261. The predicted molar refractivity (Wildman–Crippen MR) is 115 cm³/mol. The van der Waals surface area contributed by atoms with Gasteiger partial charge < -0.3 is 14.8 Å². The summed E-state index contributed by atoms with van der Waals surface area (Å²) in [6.07, 6.45) is 0. The van der Waals surface area contributed by atoms with Crippen molar-refractivity contribution in [2.24, 2.45) is 0 Å². The SMILES string of the molecule is O=C(NC[C@H](c1cccs1)N1CCOCC1)c1cccc(Oc2ccccc2)c1. The van der Waals surface area contributed by atoms with Crippen LogP contribution in [0.5, 0.6) is 11.5 Å². The second-order valence-electron chi connectivity index (χ2n) is 6.83. The first-order valence-corrected chi connectivity index (χ1v) is 10.6. The van der Waals surface area contributed by atoms with E-state index in [4.69, 9.17) is 9.47 Å². The van der Waals surface area contributed by atoms with Gasteiger partial charge in [-0.15, -0.1) is 11.3 Å². The molecule has 2 aromatic carbocycles. The average Bonchev–Trinajstić information content (AvgIpc) is 3.30. The van der Waals surface area contributed by atoms with Crippen LogP contribution in [0.25, 0.3) is 0 Å². The molecular formula is C23H24N2O3S. The normalized spacial score (nSPS) is 15.6. The summed E-state index contributed by atoms with van der Waals surface area (Å²) in [6, 6.07) is 21.2. The van der Waals surface area contributed by atoms with Crippen molar-refractivity contribution in [2.45, 2.75) is 6.04 Å². The molecule has 4 rings (SSSR count). The maximum absolute atomic E-state index is 12.8. The summed E-state index contributed by atoms with van der Waals surface area (Å²) in [4.78, 5) is 16.4. The Labute approximate surface area is 174 Å². The minimum Gasteiger partial charge on any atom is -0.457 e. The van der Waals surface area contributed by atoms with Crippen LogP contribution < -0.4 is 10.1 Å². The molecule has 1 atom stereocenters. The Morgan fingerprint density at radius 2 is 1.83 bits per heavy atom. The van der Waals surface area contributed by atoms with Crippen LogP contribution in [0.4, 0.5) is 0 Å². The van der Waals surface area contributed by atoms with Gasteiger partial charge in [0.2, 0.25) is 0 Å². The van der Waals surface area contributed by atoms with Gasteiger partial charge in [-0.2, -0.15) is 0 Å². The maximum atomic E-state index is 12.8. The van der Waals surface area contributed by atoms with Crippen LogP contribution in [-0.4, -0.2) is 43.7 Å². The van der Waals surface area contributed by atoms with Crippen molar-refractivity contribution in [1.82, 2.24) is 10.2 Å². The lowest BCUT2D eigenvalue weighted by atomic mass is 10.1. The van der Waals surface area contributed by atoms with Crippen LogP contribution in [-0.2, 0) is 4.74 Å². The fourth-order valence-corrected chi connectivity index (χ4v) is 4.26. The number of carbonyl (C=O) groups is 1. The Kier molecular flexibility index (Phi) is 6.56. The van der Waals surface area contributed by atoms with Crippen LogP contribution in [0.15, 0.2) is 72.1 Å². The second-order valence-corrected chi connectivity index (χ2v) is 7.81. The largest absolute Gasteiger partial charge is 0.457 e. The smallest absolute Gasteiger partial charge is 0.251 e. The van der Waals surface area contributed by atoms with Crippen molar-refractivity contribution < 1.29 is 14.3 Å². The summed E-state index contributed by atoms with van der Waals surface area (Å²) in [7, 11) is 0. The number of amides is 1. The zero-order valence-corrected chi connectivity index (χ0v) is 16.9. The summed E-state index contributed by atoms with van der Waals surface area (Å²) < 4.78 is 11.3. The zero-order chi connectivity index (χ0) is 19.9. The number of nitrogens with zero attached hydrogens (tertiary/aromatic N) is 1. The van der Waals surface area contributed by atoms with Crippen molar-refractivity contribution in [1.29, 1.82) is 0 Å². The van der Waals surface area contributed by atoms with Gasteiger partial charge in [0.15, 0.2) is 0 Å². The van der Waals surface area contributed by atoms with Crippen LogP contribution in [0.3, 0.4) is 0 Å². The van der Waals surface area contributed by atoms with E-state index in [9.17, 15) is 4.79 Å². The first kappa shape index (κ1) is 19.6. The van der Waals surface area contributed by atoms with E-state index in [1.54, 1.807) is 17.4 Å². The van der Waals surface area contributed by atoms with Crippen molar-refractivity contribution in [3.63, 3.8) is 0 Å². The van der Waals surface area contributed by atoms with E-state index in [0.717, 1.165) is 32.1 Å². The Hall–Kier alpha value is -2.67. The molecule has 0 bridgehead atoms. The third kappa shape index (κ3) is 5.23. The quantitative estimate of drug-likeness (QED) is 0.632. The molecule has 0 aliphatic carbocycles. The molecule has 150 valence electrons. The Morgan fingerprint density at radius 1 is 1.03 bits per heavy atom. The number of benzene rings is 2. The summed E-state index contributed by atoms with van der Waals surface area (Å²) >= 11 is 1.72. The molecule has 6 heteroatoms. The van der Waals surface area contributed by atoms with E-state index < -0.39 is 0 Å². The van der Waals surface area contributed by atoms with E-state index in [1.807, 2.05) is 48.5 Å². The van der Waals surface area contributed by atoms with E-state index in [-0.39, 0.29) is 11.9 Å². The minimum absolute atomic E-state index is 0.0988. The van der Waals surface area contributed by atoms with Gasteiger partial charge in [0.25, 0.3) is 5.91 Å². The number of carbonyl (C=O) groups excluding carboxylic acids is 1. The molecule has 0 radical (unpaired) electrons. The number of para-hydroxylation sites is 1. The van der Waals surface area contributed by atoms with E-state index >= 15 is 0 Å². The molecule has 5 nitrogen and oxygen atoms in total. The lowest BCUT2D eigenvalue weighted by Gasteiger charge is -2.34. The fourth-order valence-electron chi connectivity index (χ4n) is 3.40. The predicted octanol–water partition coefficient (Wildman–Crippen LogP) is 4.34. The summed E-state index contributed by atoms with van der Waals surface area (Å²) in [5.74, 6) is 1.29. The molecule has 1 N–H and O–H groups in total. The average molecular weight is 409 g/mol. The Bertz CT molecular complexity index is 909. The number of ether oxygens (including phenoxy) is 2. The van der Waals surface area contributed by atoms with Crippen molar-refractivity contribution in [3.8, 4) is 11.5 Å². The first-order chi connectivity index (χ1) is 14.3. The highest BCUT2D eigenvalue weighted by Gasteiger charge is 2.24. The third-order valence-electron chi connectivity index (χ3n) is 4.89. The van der Waals surface area contributed by atoms with Crippen molar-refractivity contribution in [3.05, 3.63) is 82.6 Å². The standard InChI is InChI=1S/C23H24N2O3S/c26-23(18-6-4-9-20(16-18)28-19-7-2-1-3-8-19)24-17-21(22-10-5-15-29-22)25-11-13-27-14-12-25/h1-10,15-16,21H,11-14,17H2,(H,24,26)/t21-/m1/s1. The van der Waals surface area contributed by atoms with Crippen molar-refractivity contribution in [2.75, 3.05) is 32.8 Å². The summed E-state index contributed by atoms with van der Waals surface area (Å²) in [6.45, 7) is 3.77. The van der Waals surface area contributed by atoms with Crippen LogP contribution in [0.2, 0.25) is 0 Å². The third-order valence-corrected chi connectivity index (χ3v) is 5.86. The maximum Gasteiger partial charge on any atom is 0.251 e. The van der Waals surface area contributed by atoms with Crippen LogP contribution in [0.1, 0.15) is 21.3 Å². The first-order valence-electron chi connectivity index (χ1n) is 9.76. The number of hydrogen-bond donors (Lipinski definition) is 1. The van der Waals surface area contributed by atoms with E-state index in [1.165, 1.54) is 4.88 Å². The minimum atomic E-state index is -0.0988. The van der Waals surface area contributed by atoms with Gasteiger partial charge in [-0.25, -0.2) is 0 Å². The Balaban J connectivity index is 1.42. The van der Waals surface area contributed by atoms with Crippen LogP contribution >= 0.6 is 11.3 Å². The molecule has 0 saturated carbocycles. The van der Waals surface area contributed by atoms with Gasteiger partial charge in [-0.3, -0.25) is 9.69 Å². The van der Waals surface area contributed by atoms with Gasteiger partial charge in [0.05, 0.1) is 19.3 Å². The molecule has 1 saturated heterocycles. The van der Waals surface area contributed by atoms with Gasteiger partial charge in [0, 0.05) is 30.1 Å². The monoisotopic (exact) mass is 408 g/mol. The molecule has 0 spiro atoms. The lowest BCUT2D eigenvalue weighted by molar-refractivity contribution is 0.0169. The molecule has 1 aromatic heterocycles. The van der Waals surface area contributed by atoms with Gasteiger partial charge >= 0.3 is 0 Å². The molecule has 1 amide bonds. The topological polar surface area (TPSA) is 50.8 Å². The van der Waals surface area contributed by atoms with E-state index in [2.05, 4.69) is 27.7 Å². The second kappa shape index (κ2) is 9.69. The lowest BCUT2D eigenvalue weighted by Crippen LogP contribution is -2.43. The highest BCUT2D eigenvalue weighted by molar-refractivity contribution is 7.10. The highest BCUT2D eigenvalue weighted by Crippen LogP contribution is 2.26. The molecule has 1 fully saturated rings. The summed E-state index contributed by atoms with van der Waals surface area (Å²) in [5, 5.41) is 5.18. The van der Waals surface area contributed by atoms with Crippen LogP contribution in [0, 0.1) is 0 Å². The van der Waals surface area contributed by atoms with Gasteiger partial charge in [-0.05, 0) is 41.8 Å². The van der Waals surface area contributed by atoms with E-state index in [0.29, 0.717) is 17.9 Å². The number of rotatable bonds is 7. The number of nitrogens with one attached hydrogen (secondary N) is 1. The molecule has 2 heterocycles. The van der Waals surface area contributed by atoms with Gasteiger partial charge in [0.1, 0.15) is 11.5 Å². The molecule has 3 aromatic rings. The molecule has 1 aliphatic rings. The molecule has 0 unspecified atom stereocenters. The molecular weight excluding hydrogens is 384 g/mol. The number of hydrogen-bond acceptors (Lipinski definition) is 5. The Morgan fingerprint density at radius 3 is 2.59 bits per heavy atom. The molecule has 29 heavy (non-hydrogen) atoms. The summed E-state index contributed by atoms with van der Waals surface area (Å²) in [5.41, 5.74) is 0.588. The van der Waals surface area contributed by atoms with Gasteiger partial charge in [-0.1, -0.05) is 30.3 Å². The number of thiophene rings is 1. The molecule has 1 aliphatic heterocycles. The number of morpholine rings is 1. The van der Waals surface area contributed by atoms with Crippen molar-refractivity contribution >= 4 is 17.2 Å².